The minimum atomic E-state index is 0.0530. The number of nitrogens with one attached hydrogen (secondary N) is 1. The lowest BCUT2D eigenvalue weighted by Gasteiger charge is -2.22. The molecule has 1 fully saturated rings. The molecule has 3 rings (SSSR count). The number of carbonyl (C=O) groups is 2. The van der Waals surface area contributed by atoms with E-state index in [4.69, 9.17) is 0 Å². The van der Waals surface area contributed by atoms with Gasteiger partial charge in [0.2, 0.25) is 0 Å². The number of hydrogen-bond acceptors (Lipinski definition) is 3. The zero-order valence-corrected chi connectivity index (χ0v) is 14.3. The summed E-state index contributed by atoms with van der Waals surface area (Å²) < 4.78 is 0. The molecule has 1 aliphatic heterocycles. The Labute approximate surface area is 139 Å². The van der Waals surface area contributed by atoms with Gasteiger partial charge in [-0.15, -0.1) is 11.3 Å². The van der Waals surface area contributed by atoms with Crippen molar-refractivity contribution in [1.82, 2.24) is 14.8 Å². The van der Waals surface area contributed by atoms with Crippen molar-refractivity contribution in [3.05, 3.63) is 45.4 Å². The Kier molecular flexibility index (Phi) is 4.52. The van der Waals surface area contributed by atoms with Crippen LogP contribution >= 0.6 is 11.3 Å². The standard InChI is InChI=1S/C17H21N3O2S/c1-12-11-14(13(2)18-12)16(21)19-6-4-7-20(9-8-19)17(22)15-5-3-10-23-15/h3,5,10-11,18H,4,6-9H2,1-2H3. The third kappa shape index (κ3) is 3.32. The quantitative estimate of drug-likeness (QED) is 0.920. The van der Waals surface area contributed by atoms with Gasteiger partial charge in [-0.25, -0.2) is 0 Å². The van der Waals surface area contributed by atoms with Crippen molar-refractivity contribution < 1.29 is 9.59 Å². The third-order valence-electron chi connectivity index (χ3n) is 4.18. The summed E-state index contributed by atoms with van der Waals surface area (Å²) in [5.74, 6) is 0.125. The third-order valence-corrected chi connectivity index (χ3v) is 5.04. The van der Waals surface area contributed by atoms with E-state index in [0.29, 0.717) is 26.2 Å². The molecule has 1 aliphatic rings. The molecule has 0 unspecified atom stereocenters. The maximum atomic E-state index is 12.7. The molecule has 2 aromatic heterocycles. The highest BCUT2D eigenvalue weighted by atomic mass is 32.1. The van der Waals surface area contributed by atoms with Crippen molar-refractivity contribution in [3.8, 4) is 0 Å². The fraction of sp³-hybridized carbons (Fsp3) is 0.412. The van der Waals surface area contributed by atoms with Gasteiger partial charge < -0.3 is 14.8 Å². The maximum Gasteiger partial charge on any atom is 0.263 e. The van der Waals surface area contributed by atoms with Crippen molar-refractivity contribution in [3.63, 3.8) is 0 Å². The average molecular weight is 331 g/mol. The van der Waals surface area contributed by atoms with Crippen LogP contribution in [0.1, 0.15) is 37.8 Å². The molecule has 0 atom stereocenters. The Bertz CT molecular complexity index is 706. The summed E-state index contributed by atoms with van der Waals surface area (Å²) in [5.41, 5.74) is 2.64. The summed E-state index contributed by atoms with van der Waals surface area (Å²) in [6.45, 7) is 6.44. The van der Waals surface area contributed by atoms with Crippen LogP contribution in [-0.4, -0.2) is 52.8 Å². The van der Waals surface area contributed by atoms with Gasteiger partial charge in [-0.3, -0.25) is 9.59 Å². The number of amides is 2. The van der Waals surface area contributed by atoms with E-state index in [1.165, 1.54) is 11.3 Å². The number of rotatable bonds is 2. The number of aromatic amines is 1. The lowest BCUT2D eigenvalue weighted by molar-refractivity contribution is 0.0721. The Morgan fingerprint density at radius 2 is 1.78 bits per heavy atom. The number of thiophene rings is 1. The van der Waals surface area contributed by atoms with Gasteiger partial charge in [0.25, 0.3) is 11.8 Å². The fourth-order valence-corrected chi connectivity index (χ4v) is 3.69. The summed E-state index contributed by atoms with van der Waals surface area (Å²) in [7, 11) is 0. The minimum absolute atomic E-state index is 0.0530. The normalized spacial score (nSPS) is 15.6. The van der Waals surface area contributed by atoms with Gasteiger partial charge in [0.1, 0.15) is 0 Å². The molecule has 1 N–H and O–H groups in total. The van der Waals surface area contributed by atoms with Crippen molar-refractivity contribution in [2.24, 2.45) is 0 Å². The van der Waals surface area contributed by atoms with Gasteiger partial charge in [0, 0.05) is 37.6 Å². The molecule has 2 aromatic rings. The number of H-pyrrole nitrogens is 1. The van der Waals surface area contributed by atoms with Crippen LogP contribution in [0.15, 0.2) is 23.6 Å². The molecule has 0 saturated carbocycles. The first-order valence-electron chi connectivity index (χ1n) is 7.84. The highest BCUT2D eigenvalue weighted by Gasteiger charge is 2.25. The first-order chi connectivity index (χ1) is 11.1. The second-order valence-corrected chi connectivity index (χ2v) is 6.85. The summed E-state index contributed by atoms with van der Waals surface area (Å²) >= 11 is 1.46. The molecular formula is C17H21N3O2S. The van der Waals surface area contributed by atoms with E-state index < -0.39 is 0 Å². The molecule has 0 aliphatic carbocycles. The van der Waals surface area contributed by atoms with Crippen LogP contribution < -0.4 is 0 Å². The van der Waals surface area contributed by atoms with E-state index in [1.807, 2.05) is 47.2 Å². The van der Waals surface area contributed by atoms with Crippen LogP contribution in [0.25, 0.3) is 0 Å². The van der Waals surface area contributed by atoms with Crippen molar-refractivity contribution in [2.45, 2.75) is 20.3 Å². The summed E-state index contributed by atoms with van der Waals surface area (Å²) in [4.78, 5) is 32.8. The number of carbonyl (C=O) groups excluding carboxylic acids is 2. The van der Waals surface area contributed by atoms with E-state index in [-0.39, 0.29) is 11.8 Å². The van der Waals surface area contributed by atoms with Crippen LogP contribution in [0, 0.1) is 13.8 Å². The highest BCUT2D eigenvalue weighted by molar-refractivity contribution is 7.12. The average Bonchev–Trinajstić information content (AvgIpc) is 3.09. The molecule has 6 heteroatoms. The Balaban J connectivity index is 1.68. The van der Waals surface area contributed by atoms with E-state index in [2.05, 4.69) is 4.98 Å². The van der Waals surface area contributed by atoms with E-state index in [9.17, 15) is 9.59 Å². The number of aryl methyl sites for hydroxylation is 2. The summed E-state index contributed by atoms with van der Waals surface area (Å²) in [6, 6.07) is 5.65. The largest absolute Gasteiger partial charge is 0.362 e. The van der Waals surface area contributed by atoms with E-state index in [1.54, 1.807) is 0 Å². The molecule has 0 spiro atoms. The topological polar surface area (TPSA) is 56.4 Å². The van der Waals surface area contributed by atoms with Gasteiger partial charge in [-0.05, 0) is 37.8 Å². The van der Waals surface area contributed by atoms with E-state index >= 15 is 0 Å². The SMILES string of the molecule is Cc1cc(C(=O)N2CCCN(C(=O)c3cccs3)CC2)c(C)[nH]1. The molecule has 2 amide bonds. The molecule has 0 radical (unpaired) electrons. The monoisotopic (exact) mass is 331 g/mol. The summed E-state index contributed by atoms with van der Waals surface area (Å²) in [6.07, 6.45) is 0.811. The molecule has 0 aromatic carbocycles. The second kappa shape index (κ2) is 6.58. The molecular weight excluding hydrogens is 310 g/mol. The van der Waals surface area contributed by atoms with Gasteiger partial charge in [0.05, 0.1) is 10.4 Å². The van der Waals surface area contributed by atoms with Crippen molar-refractivity contribution >= 4 is 23.2 Å². The zero-order valence-electron chi connectivity index (χ0n) is 13.5. The van der Waals surface area contributed by atoms with Crippen LogP contribution in [0.4, 0.5) is 0 Å². The van der Waals surface area contributed by atoms with Gasteiger partial charge >= 0.3 is 0 Å². The van der Waals surface area contributed by atoms with Crippen LogP contribution in [-0.2, 0) is 0 Å². The Hall–Kier alpha value is -2.08. The van der Waals surface area contributed by atoms with E-state index in [0.717, 1.165) is 28.2 Å². The Morgan fingerprint density at radius 1 is 1.09 bits per heavy atom. The number of nitrogens with zero attached hydrogens (tertiary/aromatic N) is 2. The van der Waals surface area contributed by atoms with Gasteiger partial charge in [-0.2, -0.15) is 0 Å². The number of hydrogen-bond donors (Lipinski definition) is 1. The Morgan fingerprint density at radius 3 is 2.35 bits per heavy atom. The predicted molar refractivity (Wildman–Crippen MR) is 91.0 cm³/mol. The first kappa shape index (κ1) is 15.8. The summed E-state index contributed by atoms with van der Waals surface area (Å²) in [5, 5.41) is 1.91. The molecule has 23 heavy (non-hydrogen) atoms. The van der Waals surface area contributed by atoms with Crippen molar-refractivity contribution in [1.29, 1.82) is 0 Å². The maximum absolute atomic E-state index is 12.7. The first-order valence-corrected chi connectivity index (χ1v) is 8.72. The van der Waals surface area contributed by atoms with Crippen LogP contribution in [0.3, 0.4) is 0 Å². The molecule has 1 saturated heterocycles. The lowest BCUT2D eigenvalue weighted by Crippen LogP contribution is -2.37. The van der Waals surface area contributed by atoms with Gasteiger partial charge in [0.15, 0.2) is 0 Å². The molecule has 3 heterocycles. The minimum Gasteiger partial charge on any atom is -0.362 e. The zero-order chi connectivity index (χ0) is 16.4. The van der Waals surface area contributed by atoms with Crippen molar-refractivity contribution in [2.75, 3.05) is 26.2 Å². The molecule has 5 nitrogen and oxygen atoms in total. The van der Waals surface area contributed by atoms with Crippen LogP contribution in [0.2, 0.25) is 0 Å². The number of aromatic nitrogens is 1. The molecule has 0 bridgehead atoms. The second-order valence-electron chi connectivity index (χ2n) is 5.91. The lowest BCUT2D eigenvalue weighted by atomic mass is 10.2. The fourth-order valence-electron chi connectivity index (χ4n) is 3.00. The van der Waals surface area contributed by atoms with Gasteiger partial charge in [-0.1, -0.05) is 6.07 Å². The predicted octanol–water partition coefficient (Wildman–Crippen LogP) is 2.68. The van der Waals surface area contributed by atoms with Crippen LogP contribution in [0.5, 0.6) is 0 Å². The smallest absolute Gasteiger partial charge is 0.263 e. The highest BCUT2D eigenvalue weighted by Crippen LogP contribution is 2.17. The molecule has 122 valence electrons.